The fourth-order valence-electron chi connectivity index (χ4n) is 1.62. The minimum atomic E-state index is -0.324. The van der Waals surface area contributed by atoms with Gasteiger partial charge in [-0.3, -0.25) is 0 Å². The van der Waals surface area contributed by atoms with Crippen LogP contribution in [-0.4, -0.2) is 10.1 Å². The largest absolute Gasteiger partial charge is 0.337 e. The van der Waals surface area contributed by atoms with Crippen molar-refractivity contribution in [3.05, 3.63) is 56.5 Å². The number of rotatable bonds is 4. The van der Waals surface area contributed by atoms with Crippen molar-refractivity contribution >= 4 is 22.7 Å². The van der Waals surface area contributed by atoms with Gasteiger partial charge in [-0.1, -0.05) is 17.3 Å². The fraction of sp³-hybridized carbons (Fsp3) is 0.167. The second-order valence-electron chi connectivity index (χ2n) is 3.80. The average molecular weight is 277 g/mol. The molecule has 6 heteroatoms. The molecule has 3 heterocycles. The van der Waals surface area contributed by atoms with Crippen molar-refractivity contribution in [1.29, 1.82) is 0 Å². The summed E-state index contributed by atoms with van der Waals surface area (Å²) in [6, 6.07) is 7.68. The van der Waals surface area contributed by atoms with Crippen molar-refractivity contribution in [2.24, 2.45) is 5.73 Å². The number of hydrogen-bond donors (Lipinski definition) is 1. The molecule has 0 saturated carbocycles. The van der Waals surface area contributed by atoms with E-state index in [1.54, 1.807) is 22.7 Å². The maximum absolute atomic E-state index is 6.06. The zero-order valence-corrected chi connectivity index (χ0v) is 11.1. The molecular formula is C12H11N3OS2. The standard InChI is InChI=1S/C12H11N3OS2/c13-11(9-4-2-6-18-9)12-14-10(15-16-12)7-8-3-1-5-17-8/h1-6,11H,7,13H2. The van der Waals surface area contributed by atoms with Crippen LogP contribution in [0.1, 0.15) is 27.5 Å². The highest BCUT2D eigenvalue weighted by Gasteiger charge is 2.17. The molecule has 1 atom stereocenters. The summed E-state index contributed by atoms with van der Waals surface area (Å²) in [4.78, 5) is 6.60. The third kappa shape index (κ3) is 2.35. The summed E-state index contributed by atoms with van der Waals surface area (Å²) in [5.74, 6) is 1.16. The Morgan fingerprint density at radius 2 is 2.06 bits per heavy atom. The highest BCUT2D eigenvalue weighted by atomic mass is 32.1. The molecule has 0 fully saturated rings. The smallest absolute Gasteiger partial charge is 0.248 e. The highest BCUT2D eigenvalue weighted by Crippen LogP contribution is 2.23. The van der Waals surface area contributed by atoms with Crippen LogP contribution in [-0.2, 0) is 6.42 Å². The molecule has 0 spiro atoms. The van der Waals surface area contributed by atoms with Crippen molar-refractivity contribution < 1.29 is 4.52 Å². The minimum Gasteiger partial charge on any atom is -0.337 e. The molecule has 3 aromatic rings. The van der Waals surface area contributed by atoms with Crippen LogP contribution in [0.5, 0.6) is 0 Å². The summed E-state index contributed by atoms with van der Waals surface area (Å²) >= 11 is 3.27. The van der Waals surface area contributed by atoms with Gasteiger partial charge in [0.05, 0.1) is 0 Å². The van der Waals surface area contributed by atoms with E-state index in [1.165, 1.54) is 4.88 Å². The second-order valence-corrected chi connectivity index (χ2v) is 5.81. The number of nitrogens with zero attached hydrogens (tertiary/aromatic N) is 2. The molecule has 0 aliphatic carbocycles. The van der Waals surface area contributed by atoms with Crippen LogP contribution in [0, 0.1) is 0 Å². The lowest BCUT2D eigenvalue weighted by molar-refractivity contribution is 0.364. The first kappa shape index (κ1) is 11.6. The molecule has 92 valence electrons. The minimum absolute atomic E-state index is 0.324. The van der Waals surface area contributed by atoms with E-state index in [9.17, 15) is 0 Å². The van der Waals surface area contributed by atoms with Crippen LogP contribution < -0.4 is 5.73 Å². The molecule has 18 heavy (non-hydrogen) atoms. The van der Waals surface area contributed by atoms with Gasteiger partial charge < -0.3 is 10.3 Å². The normalized spacial score (nSPS) is 12.7. The van der Waals surface area contributed by atoms with E-state index >= 15 is 0 Å². The van der Waals surface area contributed by atoms with Gasteiger partial charge in [-0.2, -0.15) is 4.98 Å². The maximum atomic E-state index is 6.06. The van der Waals surface area contributed by atoms with Crippen LogP contribution in [0.15, 0.2) is 39.5 Å². The SMILES string of the molecule is NC(c1nc(Cc2cccs2)no1)c1cccs1. The molecule has 0 radical (unpaired) electrons. The molecule has 3 rings (SSSR count). The zero-order valence-electron chi connectivity index (χ0n) is 9.45. The predicted molar refractivity (Wildman–Crippen MR) is 71.8 cm³/mol. The topological polar surface area (TPSA) is 64.9 Å². The Morgan fingerprint density at radius 3 is 2.78 bits per heavy atom. The summed E-state index contributed by atoms with van der Waals surface area (Å²) in [5, 5.41) is 7.99. The van der Waals surface area contributed by atoms with E-state index in [1.807, 2.05) is 29.0 Å². The molecule has 0 aliphatic heterocycles. The molecule has 3 aromatic heterocycles. The van der Waals surface area contributed by atoms with Crippen molar-refractivity contribution in [3.63, 3.8) is 0 Å². The maximum Gasteiger partial charge on any atom is 0.248 e. The molecule has 0 aromatic carbocycles. The van der Waals surface area contributed by atoms with Crippen LogP contribution in [0.2, 0.25) is 0 Å². The van der Waals surface area contributed by atoms with Gasteiger partial charge in [0.25, 0.3) is 0 Å². The van der Waals surface area contributed by atoms with Gasteiger partial charge in [0.1, 0.15) is 6.04 Å². The average Bonchev–Trinajstić information content (AvgIpc) is 3.11. The lowest BCUT2D eigenvalue weighted by Crippen LogP contribution is -2.10. The Bertz CT molecular complexity index is 601. The number of nitrogens with two attached hydrogens (primary N) is 1. The first-order valence-electron chi connectivity index (χ1n) is 5.47. The van der Waals surface area contributed by atoms with Gasteiger partial charge in [-0.25, -0.2) is 0 Å². The monoisotopic (exact) mass is 277 g/mol. The highest BCUT2D eigenvalue weighted by molar-refractivity contribution is 7.10. The number of hydrogen-bond acceptors (Lipinski definition) is 6. The Labute approximate surface area is 112 Å². The van der Waals surface area contributed by atoms with Crippen LogP contribution in [0.4, 0.5) is 0 Å². The summed E-state index contributed by atoms with van der Waals surface area (Å²) in [5.41, 5.74) is 6.06. The van der Waals surface area contributed by atoms with E-state index in [4.69, 9.17) is 10.3 Å². The lowest BCUT2D eigenvalue weighted by Gasteiger charge is -2.01. The van der Waals surface area contributed by atoms with Crippen LogP contribution in [0.25, 0.3) is 0 Å². The number of thiophene rings is 2. The third-order valence-electron chi connectivity index (χ3n) is 2.51. The van der Waals surface area contributed by atoms with E-state index in [0.29, 0.717) is 18.1 Å². The van der Waals surface area contributed by atoms with E-state index in [2.05, 4.69) is 16.2 Å². The van der Waals surface area contributed by atoms with Gasteiger partial charge in [-0.15, -0.1) is 22.7 Å². The van der Waals surface area contributed by atoms with E-state index < -0.39 is 0 Å². The molecule has 2 N–H and O–H groups in total. The van der Waals surface area contributed by atoms with Gasteiger partial charge in [0.15, 0.2) is 5.82 Å². The van der Waals surface area contributed by atoms with Gasteiger partial charge >= 0.3 is 0 Å². The molecule has 4 nitrogen and oxygen atoms in total. The second kappa shape index (κ2) is 5.01. The predicted octanol–water partition coefficient (Wildman–Crippen LogP) is 2.83. The van der Waals surface area contributed by atoms with Crippen molar-refractivity contribution in [3.8, 4) is 0 Å². The molecule has 0 saturated heterocycles. The molecular weight excluding hydrogens is 266 g/mol. The van der Waals surface area contributed by atoms with Crippen LogP contribution in [0.3, 0.4) is 0 Å². The van der Waals surface area contributed by atoms with Gasteiger partial charge in [0, 0.05) is 16.2 Å². The molecule has 0 aliphatic rings. The van der Waals surface area contributed by atoms with E-state index in [0.717, 1.165) is 4.88 Å². The van der Waals surface area contributed by atoms with Gasteiger partial charge in [0.2, 0.25) is 5.89 Å². The summed E-state index contributed by atoms with van der Waals surface area (Å²) < 4.78 is 5.22. The first-order chi connectivity index (χ1) is 8.83. The fourth-order valence-corrected chi connectivity index (χ4v) is 3.04. The lowest BCUT2D eigenvalue weighted by atomic mass is 10.2. The Balaban J connectivity index is 1.77. The zero-order chi connectivity index (χ0) is 12.4. The van der Waals surface area contributed by atoms with Crippen LogP contribution >= 0.6 is 22.7 Å². The Hall–Kier alpha value is -1.50. The summed E-state index contributed by atoms with van der Waals surface area (Å²) in [6.07, 6.45) is 0.693. The summed E-state index contributed by atoms with van der Waals surface area (Å²) in [7, 11) is 0. The van der Waals surface area contributed by atoms with Crippen molar-refractivity contribution in [2.45, 2.75) is 12.5 Å². The number of aromatic nitrogens is 2. The van der Waals surface area contributed by atoms with Crippen molar-refractivity contribution in [1.82, 2.24) is 10.1 Å². The first-order valence-corrected chi connectivity index (χ1v) is 7.22. The quantitative estimate of drug-likeness (QED) is 0.796. The summed E-state index contributed by atoms with van der Waals surface area (Å²) in [6.45, 7) is 0. The third-order valence-corrected chi connectivity index (χ3v) is 4.34. The molecule has 0 amide bonds. The molecule has 1 unspecified atom stereocenters. The van der Waals surface area contributed by atoms with Gasteiger partial charge in [-0.05, 0) is 22.9 Å². The Morgan fingerprint density at radius 1 is 1.22 bits per heavy atom. The molecule has 0 bridgehead atoms. The van der Waals surface area contributed by atoms with Crippen molar-refractivity contribution in [2.75, 3.05) is 0 Å². The van der Waals surface area contributed by atoms with E-state index in [-0.39, 0.29) is 6.04 Å². The Kier molecular flexibility index (Phi) is 3.22.